The van der Waals surface area contributed by atoms with E-state index < -0.39 is 0 Å². The predicted octanol–water partition coefficient (Wildman–Crippen LogP) is 3.43. The second kappa shape index (κ2) is 7.85. The summed E-state index contributed by atoms with van der Waals surface area (Å²) in [5, 5.41) is 0. The lowest BCUT2D eigenvalue weighted by Gasteiger charge is -2.08. The lowest BCUT2D eigenvalue weighted by atomic mass is 10.1. The van der Waals surface area contributed by atoms with Crippen LogP contribution in [0.2, 0.25) is 0 Å². The molecule has 0 saturated carbocycles. The Morgan fingerprint density at radius 1 is 1.44 bits per heavy atom. The highest BCUT2D eigenvalue weighted by Crippen LogP contribution is 2.07. The minimum absolute atomic E-state index is 0.382. The minimum atomic E-state index is 0.382. The van der Waals surface area contributed by atoms with E-state index in [4.69, 9.17) is 0 Å². The van der Waals surface area contributed by atoms with E-state index in [1.807, 2.05) is 50.9 Å². The van der Waals surface area contributed by atoms with Gasteiger partial charge < -0.3 is 4.57 Å². The third-order valence-electron chi connectivity index (χ3n) is 1.96. The molecule has 0 unspecified atom stereocenters. The van der Waals surface area contributed by atoms with Crippen LogP contribution in [0.25, 0.3) is 0 Å². The maximum Gasteiger partial charge on any atom is 0.154 e. The van der Waals surface area contributed by atoms with Crippen LogP contribution in [0.5, 0.6) is 0 Å². The van der Waals surface area contributed by atoms with Crippen LogP contribution in [0.1, 0.15) is 40.4 Å². The summed E-state index contributed by atoms with van der Waals surface area (Å²) in [6.45, 7) is 10.2. The standard InChI is InChI=1S/C11H17N3.C2H6/c1-5-6-12-10(9(2)3)11-13-7-8-14(11)4;1-2/h5-9H,1-4H3;1-2H3/b6-5-,12-10?;. The molecule has 0 fully saturated rings. The van der Waals surface area contributed by atoms with Gasteiger partial charge in [0.25, 0.3) is 0 Å². The van der Waals surface area contributed by atoms with Crippen molar-refractivity contribution >= 4 is 5.71 Å². The maximum absolute atomic E-state index is 4.40. The van der Waals surface area contributed by atoms with E-state index in [0.717, 1.165) is 11.5 Å². The molecular weight excluding hydrogens is 198 g/mol. The van der Waals surface area contributed by atoms with Crippen molar-refractivity contribution in [1.29, 1.82) is 0 Å². The smallest absolute Gasteiger partial charge is 0.154 e. The van der Waals surface area contributed by atoms with Gasteiger partial charge in [-0.05, 0) is 12.8 Å². The van der Waals surface area contributed by atoms with Crippen LogP contribution >= 0.6 is 0 Å². The van der Waals surface area contributed by atoms with E-state index in [-0.39, 0.29) is 0 Å². The second-order valence-electron chi connectivity index (χ2n) is 3.51. The number of nitrogens with zero attached hydrogens (tertiary/aromatic N) is 3. The first kappa shape index (κ1) is 14.6. The molecule has 0 atom stereocenters. The molecule has 0 amide bonds. The predicted molar refractivity (Wildman–Crippen MR) is 70.7 cm³/mol. The van der Waals surface area contributed by atoms with Gasteiger partial charge in [0, 0.05) is 25.6 Å². The number of imidazole rings is 1. The molecule has 1 heterocycles. The van der Waals surface area contributed by atoms with Crippen LogP contribution in [0, 0.1) is 5.92 Å². The molecule has 0 bridgehead atoms. The van der Waals surface area contributed by atoms with Crippen molar-refractivity contribution in [3.8, 4) is 0 Å². The van der Waals surface area contributed by atoms with E-state index in [1.54, 1.807) is 6.20 Å². The van der Waals surface area contributed by atoms with Crippen LogP contribution in [-0.2, 0) is 7.05 Å². The van der Waals surface area contributed by atoms with E-state index in [9.17, 15) is 0 Å². The van der Waals surface area contributed by atoms with Gasteiger partial charge >= 0.3 is 0 Å². The summed E-state index contributed by atoms with van der Waals surface area (Å²) < 4.78 is 1.99. The average molecular weight is 221 g/mol. The molecule has 1 aromatic rings. The number of aryl methyl sites for hydroxylation is 1. The third kappa shape index (κ3) is 4.01. The van der Waals surface area contributed by atoms with E-state index in [2.05, 4.69) is 23.8 Å². The van der Waals surface area contributed by atoms with Gasteiger partial charge in [0.05, 0.1) is 5.71 Å². The molecule has 0 aliphatic rings. The number of aliphatic imine (C=N–C) groups is 1. The zero-order valence-corrected chi connectivity index (χ0v) is 11.2. The zero-order chi connectivity index (χ0) is 12.6. The largest absolute Gasteiger partial charge is 0.333 e. The Morgan fingerprint density at radius 3 is 2.44 bits per heavy atom. The van der Waals surface area contributed by atoms with Crippen molar-refractivity contribution in [2.45, 2.75) is 34.6 Å². The quantitative estimate of drug-likeness (QED) is 0.719. The minimum Gasteiger partial charge on any atom is -0.333 e. The number of rotatable bonds is 3. The van der Waals surface area contributed by atoms with Crippen molar-refractivity contribution in [1.82, 2.24) is 9.55 Å². The summed E-state index contributed by atoms with van der Waals surface area (Å²) in [5.74, 6) is 1.32. The van der Waals surface area contributed by atoms with Crippen LogP contribution in [0.15, 0.2) is 29.7 Å². The third-order valence-corrected chi connectivity index (χ3v) is 1.96. The van der Waals surface area contributed by atoms with Crippen LogP contribution in [-0.4, -0.2) is 15.3 Å². The molecule has 0 saturated heterocycles. The van der Waals surface area contributed by atoms with E-state index >= 15 is 0 Å². The Labute approximate surface area is 98.9 Å². The normalized spacial score (nSPS) is 11.8. The Kier molecular flexibility index (Phi) is 7.18. The number of hydrogen-bond donors (Lipinski definition) is 0. The number of hydrogen-bond acceptors (Lipinski definition) is 2. The van der Waals surface area contributed by atoms with E-state index in [0.29, 0.717) is 5.92 Å². The summed E-state index contributed by atoms with van der Waals surface area (Å²) in [4.78, 5) is 8.69. The lowest BCUT2D eigenvalue weighted by molar-refractivity contribution is 0.833. The van der Waals surface area contributed by atoms with Crippen molar-refractivity contribution < 1.29 is 0 Å². The summed E-state index contributed by atoms with van der Waals surface area (Å²) in [6.07, 6.45) is 7.46. The Morgan fingerprint density at radius 2 is 2.06 bits per heavy atom. The molecule has 1 aromatic heterocycles. The van der Waals surface area contributed by atoms with Crippen molar-refractivity contribution in [2.75, 3.05) is 0 Å². The first-order valence-corrected chi connectivity index (χ1v) is 5.83. The molecule has 16 heavy (non-hydrogen) atoms. The first-order chi connectivity index (χ1) is 7.66. The van der Waals surface area contributed by atoms with Crippen LogP contribution in [0.3, 0.4) is 0 Å². The molecule has 3 nitrogen and oxygen atoms in total. The first-order valence-electron chi connectivity index (χ1n) is 5.83. The van der Waals surface area contributed by atoms with Crippen LogP contribution < -0.4 is 0 Å². The van der Waals surface area contributed by atoms with Gasteiger partial charge in [-0.15, -0.1) is 0 Å². The summed E-state index contributed by atoms with van der Waals surface area (Å²) in [6, 6.07) is 0. The second-order valence-corrected chi connectivity index (χ2v) is 3.51. The van der Waals surface area contributed by atoms with Gasteiger partial charge in [0.1, 0.15) is 0 Å². The Hall–Kier alpha value is -1.38. The fourth-order valence-electron chi connectivity index (χ4n) is 1.23. The highest BCUT2D eigenvalue weighted by molar-refractivity contribution is 5.99. The molecule has 0 radical (unpaired) electrons. The van der Waals surface area contributed by atoms with Gasteiger partial charge in [0.2, 0.25) is 0 Å². The maximum atomic E-state index is 4.40. The SMILES string of the molecule is C/C=C\N=C(c1nccn1C)C(C)C.CC. The van der Waals surface area contributed by atoms with Gasteiger partial charge in [-0.2, -0.15) is 0 Å². The topological polar surface area (TPSA) is 30.2 Å². The fourth-order valence-corrected chi connectivity index (χ4v) is 1.23. The highest BCUT2D eigenvalue weighted by atomic mass is 15.0. The van der Waals surface area contributed by atoms with Crippen molar-refractivity contribution in [3.63, 3.8) is 0 Å². The van der Waals surface area contributed by atoms with E-state index in [1.165, 1.54) is 0 Å². The van der Waals surface area contributed by atoms with Gasteiger partial charge in [-0.3, -0.25) is 4.99 Å². The molecule has 0 aliphatic heterocycles. The summed E-state index contributed by atoms with van der Waals surface area (Å²) >= 11 is 0. The molecule has 0 N–H and O–H groups in total. The molecule has 0 aliphatic carbocycles. The summed E-state index contributed by atoms with van der Waals surface area (Å²) in [5.41, 5.74) is 1.02. The molecule has 0 aromatic carbocycles. The molecular formula is C13H23N3. The van der Waals surface area contributed by atoms with Crippen molar-refractivity contribution in [3.05, 3.63) is 30.5 Å². The Balaban J connectivity index is 0.00000106. The molecule has 1 rings (SSSR count). The van der Waals surface area contributed by atoms with Crippen LogP contribution in [0.4, 0.5) is 0 Å². The monoisotopic (exact) mass is 221 g/mol. The fraction of sp³-hybridized carbons (Fsp3) is 0.538. The van der Waals surface area contributed by atoms with Gasteiger partial charge in [0.15, 0.2) is 5.82 Å². The molecule has 3 heteroatoms. The lowest BCUT2D eigenvalue weighted by Crippen LogP contribution is -2.14. The molecule has 0 spiro atoms. The average Bonchev–Trinajstić information content (AvgIpc) is 2.68. The van der Waals surface area contributed by atoms with Crippen molar-refractivity contribution in [2.24, 2.45) is 18.0 Å². The highest BCUT2D eigenvalue weighted by Gasteiger charge is 2.11. The molecule has 90 valence electrons. The number of allylic oxidation sites excluding steroid dienone is 1. The Bertz CT molecular complexity index is 346. The summed E-state index contributed by atoms with van der Waals surface area (Å²) in [7, 11) is 1.98. The number of aromatic nitrogens is 2. The van der Waals surface area contributed by atoms with Gasteiger partial charge in [-0.25, -0.2) is 4.98 Å². The van der Waals surface area contributed by atoms with Gasteiger partial charge in [-0.1, -0.05) is 33.8 Å². The zero-order valence-electron chi connectivity index (χ0n) is 11.2.